The minimum atomic E-state index is 0.0408. The quantitative estimate of drug-likeness (QED) is 0.726. The third kappa shape index (κ3) is 4.11. The van der Waals surface area contributed by atoms with Crippen LogP contribution in [0.4, 0.5) is 5.13 Å². The molecule has 0 radical (unpaired) electrons. The van der Waals surface area contributed by atoms with E-state index in [0.717, 1.165) is 45.0 Å². The number of fused-ring (bicyclic) bond motifs is 1. The van der Waals surface area contributed by atoms with E-state index < -0.39 is 0 Å². The Hall–Kier alpha value is -2.24. The van der Waals surface area contributed by atoms with Crippen LogP contribution in [0.1, 0.15) is 27.9 Å². The number of hydrogen-bond acceptors (Lipinski definition) is 3. The van der Waals surface area contributed by atoms with Gasteiger partial charge in [-0.15, -0.1) is 0 Å². The predicted molar refractivity (Wildman–Crippen MR) is 110 cm³/mol. The van der Waals surface area contributed by atoms with Crippen LogP contribution in [0.3, 0.4) is 0 Å². The average molecular weight is 369 g/mol. The fourth-order valence-corrected chi connectivity index (χ4v) is 3.95. The summed E-state index contributed by atoms with van der Waals surface area (Å²) in [6.45, 7) is 5.71. The second-order valence-corrected chi connectivity index (χ2v) is 8.06. The molecule has 0 aliphatic rings. The van der Waals surface area contributed by atoms with E-state index in [1.807, 2.05) is 55.1 Å². The number of quaternary nitrogens is 1. The number of aryl methyl sites for hydroxylation is 2. The molecule has 2 aromatic carbocycles. The van der Waals surface area contributed by atoms with Crippen molar-refractivity contribution in [3.63, 3.8) is 0 Å². The second kappa shape index (κ2) is 7.98. The Bertz CT molecular complexity index is 884. The normalized spacial score (nSPS) is 11.3. The molecule has 1 amide bonds. The Morgan fingerprint density at radius 1 is 1.15 bits per heavy atom. The summed E-state index contributed by atoms with van der Waals surface area (Å²) in [5, 5.41) is 0.783. The maximum atomic E-state index is 13.4. The number of thiazole rings is 1. The van der Waals surface area contributed by atoms with Crippen molar-refractivity contribution in [2.75, 3.05) is 32.1 Å². The fraction of sp³-hybridized carbons (Fsp3) is 0.333. The molecule has 26 heavy (non-hydrogen) atoms. The number of nitrogens with one attached hydrogen (secondary N) is 1. The smallest absolute Gasteiger partial charge is 0.260 e. The van der Waals surface area contributed by atoms with Gasteiger partial charge in [0.05, 0.1) is 30.9 Å². The number of benzene rings is 2. The number of amides is 1. The number of nitrogens with zero attached hydrogens (tertiary/aromatic N) is 2. The van der Waals surface area contributed by atoms with Gasteiger partial charge in [0.2, 0.25) is 0 Å². The molecule has 0 saturated heterocycles. The lowest BCUT2D eigenvalue weighted by atomic mass is 10.0. The molecule has 1 N–H and O–H groups in total. The first kappa shape index (κ1) is 18.5. The van der Waals surface area contributed by atoms with Gasteiger partial charge in [0.25, 0.3) is 5.91 Å². The molecule has 0 aliphatic carbocycles. The third-order valence-corrected chi connectivity index (χ3v) is 5.50. The summed E-state index contributed by atoms with van der Waals surface area (Å²) in [4.78, 5) is 21.3. The molecule has 3 aromatic rings. The Labute approximate surface area is 159 Å². The molecule has 0 fully saturated rings. The Morgan fingerprint density at radius 2 is 1.92 bits per heavy atom. The molecule has 4 nitrogen and oxygen atoms in total. The average Bonchev–Trinajstić information content (AvgIpc) is 3.03. The second-order valence-electron chi connectivity index (χ2n) is 7.05. The van der Waals surface area contributed by atoms with Gasteiger partial charge in [-0.25, -0.2) is 4.98 Å². The van der Waals surface area contributed by atoms with E-state index in [1.165, 1.54) is 4.90 Å². The van der Waals surface area contributed by atoms with Gasteiger partial charge >= 0.3 is 0 Å². The number of hydrogen-bond donors (Lipinski definition) is 1. The maximum absolute atomic E-state index is 13.4. The van der Waals surface area contributed by atoms with Gasteiger partial charge < -0.3 is 4.90 Å². The number of para-hydroxylation sites is 1. The van der Waals surface area contributed by atoms with Crippen LogP contribution in [0.2, 0.25) is 0 Å². The molecule has 0 unspecified atom stereocenters. The van der Waals surface area contributed by atoms with E-state index in [1.54, 1.807) is 11.3 Å². The Morgan fingerprint density at radius 3 is 2.65 bits per heavy atom. The van der Waals surface area contributed by atoms with Crippen molar-refractivity contribution in [1.29, 1.82) is 0 Å². The summed E-state index contributed by atoms with van der Waals surface area (Å²) < 4.78 is 1.11. The van der Waals surface area contributed by atoms with Crippen molar-refractivity contribution in [3.05, 3.63) is 59.2 Å². The van der Waals surface area contributed by atoms with Gasteiger partial charge in [-0.2, -0.15) is 0 Å². The van der Waals surface area contributed by atoms with E-state index in [-0.39, 0.29) is 5.91 Å². The van der Waals surface area contributed by atoms with Crippen LogP contribution in [-0.4, -0.2) is 38.1 Å². The zero-order valence-electron chi connectivity index (χ0n) is 15.9. The molecule has 0 bridgehead atoms. The molecule has 5 heteroatoms. The highest BCUT2D eigenvalue weighted by Gasteiger charge is 2.22. The van der Waals surface area contributed by atoms with Gasteiger partial charge in [-0.1, -0.05) is 41.2 Å². The first-order chi connectivity index (χ1) is 12.5. The van der Waals surface area contributed by atoms with E-state index >= 15 is 0 Å². The van der Waals surface area contributed by atoms with Crippen molar-refractivity contribution in [3.8, 4) is 0 Å². The van der Waals surface area contributed by atoms with E-state index in [2.05, 4.69) is 20.2 Å². The largest absolute Gasteiger partial charge is 0.340 e. The van der Waals surface area contributed by atoms with Crippen LogP contribution in [0, 0.1) is 13.8 Å². The molecule has 1 aromatic heterocycles. The number of aromatic nitrogens is 1. The summed E-state index contributed by atoms with van der Waals surface area (Å²) in [6, 6.07) is 14.1. The van der Waals surface area contributed by atoms with E-state index in [9.17, 15) is 4.79 Å². The van der Waals surface area contributed by atoms with Crippen molar-refractivity contribution < 1.29 is 9.69 Å². The maximum Gasteiger partial charge on any atom is 0.260 e. The molecule has 0 atom stereocenters. The monoisotopic (exact) mass is 368 g/mol. The van der Waals surface area contributed by atoms with Crippen molar-refractivity contribution in [2.24, 2.45) is 0 Å². The molecule has 0 spiro atoms. The van der Waals surface area contributed by atoms with Crippen molar-refractivity contribution in [1.82, 2.24) is 4.98 Å². The SMILES string of the molecule is Cc1ccc(C)c(C(=O)N(CCC[NH+](C)C)c2nc3ccccc3s2)c1. The highest BCUT2D eigenvalue weighted by Crippen LogP contribution is 2.30. The van der Waals surface area contributed by atoms with Gasteiger partial charge in [-0.05, 0) is 37.6 Å². The molecule has 3 rings (SSSR count). The van der Waals surface area contributed by atoms with Crippen LogP contribution < -0.4 is 9.80 Å². The number of rotatable bonds is 6. The molecule has 136 valence electrons. The van der Waals surface area contributed by atoms with Gasteiger partial charge in [0.15, 0.2) is 5.13 Å². The number of carbonyl (C=O) groups is 1. The zero-order chi connectivity index (χ0) is 18.7. The Kier molecular flexibility index (Phi) is 5.69. The number of anilines is 1. The first-order valence-corrected chi connectivity index (χ1v) is 9.81. The predicted octanol–water partition coefficient (Wildman–Crippen LogP) is 3.09. The van der Waals surface area contributed by atoms with Crippen LogP contribution in [0.15, 0.2) is 42.5 Å². The molecule has 1 heterocycles. The fourth-order valence-electron chi connectivity index (χ4n) is 2.96. The van der Waals surface area contributed by atoms with Crippen LogP contribution in [-0.2, 0) is 0 Å². The summed E-state index contributed by atoms with van der Waals surface area (Å²) >= 11 is 1.58. The van der Waals surface area contributed by atoms with E-state index in [0.29, 0.717) is 6.54 Å². The van der Waals surface area contributed by atoms with Crippen LogP contribution in [0.25, 0.3) is 10.2 Å². The van der Waals surface area contributed by atoms with Gasteiger partial charge in [-0.3, -0.25) is 9.69 Å². The standard InChI is InChI=1S/C21H25N3OS/c1-15-10-11-16(2)17(14-15)20(25)24(13-7-12-23(3)4)21-22-18-8-5-6-9-19(18)26-21/h5-6,8-11,14H,7,12-13H2,1-4H3/p+1. The Balaban J connectivity index is 1.96. The molecule has 0 aliphatic heterocycles. The highest BCUT2D eigenvalue weighted by atomic mass is 32.1. The number of carbonyl (C=O) groups excluding carboxylic acids is 1. The first-order valence-electron chi connectivity index (χ1n) is 8.99. The summed E-state index contributed by atoms with van der Waals surface area (Å²) in [5.41, 5.74) is 3.82. The summed E-state index contributed by atoms with van der Waals surface area (Å²) in [6.07, 6.45) is 0.939. The van der Waals surface area contributed by atoms with Crippen LogP contribution >= 0.6 is 11.3 Å². The van der Waals surface area contributed by atoms with Gasteiger partial charge in [0, 0.05) is 18.5 Å². The van der Waals surface area contributed by atoms with E-state index in [4.69, 9.17) is 4.98 Å². The molecular weight excluding hydrogens is 342 g/mol. The lowest BCUT2D eigenvalue weighted by Crippen LogP contribution is -3.05. The van der Waals surface area contributed by atoms with Crippen LogP contribution in [0.5, 0.6) is 0 Å². The van der Waals surface area contributed by atoms with Gasteiger partial charge in [0.1, 0.15) is 0 Å². The van der Waals surface area contributed by atoms with Crippen molar-refractivity contribution >= 4 is 32.6 Å². The summed E-state index contributed by atoms with van der Waals surface area (Å²) in [5.74, 6) is 0.0408. The third-order valence-electron chi connectivity index (χ3n) is 4.44. The molecule has 0 saturated carbocycles. The highest BCUT2D eigenvalue weighted by molar-refractivity contribution is 7.22. The lowest BCUT2D eigenvalue weighted by molar-refractivity contribution is -0.858. The summed E-state index contributed by atoms with van der Waals surface area (Å²) in [7, 11) is 4.27. The molecular formula is C21H26N3OS+. The lowest BCUT2D eigenvalue weighted by Gasteiger charge is -2.21. The minimum Gasteiger partial charge on any atom is -0.340 e. The minimum absolute atomic E-state index is 0.0408. The zero-order valence-corrected chi connectivity index (χ0v) is 16.7. The topological polar surface area (TPSA) is 37.6 Å². The van der Waals surface area contributed by atoms with Crippen molar-refractivity contribution in [2.45, 2.75) is 20.3 Å².